The highest BCUT2D eigenvalue weighted by Gasteiger charge is 2.27. The Morgan fingerprint density at radius 3 is 2.77 bits per heavy atom. The van der Waals surface area contributed by atoms with Crippen LogP contribution < -0.4 is 0 Å². The molecule has 26 heavy (non-hydrogen) atoms. The summed E-state index contributed by atoms with van der Waals surface area (Å²) in [6, 6.07) is 0. The number of rotatable bonds is 5. The highest BCUT2D eigenvalue weighted by Crippen LogP contribution is 2.26. The van der Waals surface area contributed by atoms with Gasteiger partial charge >= 0.3 is 0 Å². The van der Waals surface area contributed by atoms with E-state index in [9.17, 15) is 0 Å². The standard InChI is InChI=1S/C18H29N7O/c1-14-10-19-16(20-14)12-25-5-3-4-15(11-25)18-22-21-17(23(18)2)13-24-6-8-26-9-7-24/h10,15H,3-9,11-13H2,1-2H3,(H,19,20)/t15-/m1/s1. The van der Waals surface area contributed by atoms with Crippen LogP contribution in [0.4, 0.5) is 0 Å². The van der Waals surface area contributed by atoms with Crippen molar-refractivity contribution >= 4 is 0 Å². The van der Waals surface area contributed by atoms with Gasteiger partial charge in [-0.25, -0.2) is 4.98 Å². The number of hydrogen-bond donors (Lipinski definition) is 1. The van der Waals surface area contributed by atoms with Crippen molar-refractivity contribution in [3.05, 3.63) is 29.4 Å². The monoisotopic (exact) mass is 359 g/mol. The third-order valence-electron chi connectivity index (χ3n) is 5.47. The lowest BCUT2D eigenvalue weighted by molar-refractivity contribution is 0.0326. The number of nitrogens with one attached hydrogen (secondary N) is 1. The zero-order valence-electron chi connectivity index (χ0n) is 15.8. The fourth-order valence-corrected chi connectivity index (χ4v) is 4.00. The average molecular weight is 359 g/mol. The van der Waals surface area contributed by atoms with E-state index in [4.69, 9.17) is 4.74 Å². The molecule has 0 bridgehead atoms. The first kappa shape index (κ1) is 17.6. The lowest BCUT2D eigenvalue weighted by Gasteiger charge is -2.31. The molecule has 2 fully saturated rings. The number of ether oxygens (including phenoxy) is 1. The topological polar surface area (TPSA) is 75.1 Å². The molecule has 1 N–H and O–H groups in total. The fourth-order valence-electron chi connectivity index (χ4n) is 4.00. The van der Waals surface area contributed by atoms with E-state index < -0.39 is 0 Å². The van der Waals surface area contributed by atoms with Gasteiger partial charge in [0.25, 0.3) is 0 Å². The van der Waals surface area contributed by atoms with Crippen molar-refractivity contribution in [1.29, 1.82) is 0 Å². The quantitative estimate of drug-likeness (QED) is 0.860. The highest BCUT2D eigenvalue weighted by atomic mass is 16.5. The molecule has 2 aliphatic rings. The van der Waals surface area contributed by atoms with Crippen LogP contribution >= 0.6 is 0 Å². The van der Waals surface area contributed by atoms with E-state index in [0.29, 0.717) is 5.92 Å². The maximum absolute atomic E-state index is 5.43. The van der Waals surface area contributed by atoms with Gasteiger partial charge in [-0.1, -0.05) is 0 Å². The molecule has 0 amide bonds. The van der Waals surface area contributed by atoms with Crippen LogP contribution in [0.25, 0.3) is 0 Å². The van der Waals surface area contributed by atoms with E-state index in [1.165, 1.54) is 12.8 Å². The molecule has 0 saturated carbocycles. The Hall–Kier alpha value is -1.77. The molecule has 8 heteroatoms. The molecule has 0 spiro atoms. The lowest BCUT2D eigenvalue weighted by atomic mass is 9.97. The smallest absolute Gasteiger partial charge is 0.146 e. The molecule has 2 aromatic heterocycles. The maximum atomic E-state index is 5.43. The number of aryl methyl sites for hydroxylation is 1. The van der Waals surface area contributed by atoms with Crippen LogP contribution in [-0.2, 0) is 24.9 Å². The number of imidazole rings is 1. The Morgan fingerprint density at radius 2 is 2.00 bits per heavy atom. The van der Waals surface area contributed by atoms with Gasteiger partial charge in [-0.2, -0.15) is 0 Å². The van der Waals surface area contributed by atoms with Crippen molar-refractivity contribution in [2.75, 3.05) is 39.4 Å². The molecule has 8 nitrogen and oxygen atoms in total. The van der Waals surface area contributed by atoms with Gasteiger partial charge in [-0.3, -0.25) is 9.80 Å². The summed E-state index contributed by atoms with van der Waals surface area (Å²) in [5.41, 5.74) is 1.12. The third kappa shape index (κ3) is 3.97. The van der Waals surface area contributed by atoms with Crippen molar-refractivity contribution in [2.24, 2.45) is 7.05 Å². The minimum absolute atomic E-state index is 0.441. The first-order valence-electron chi connectivity index (χ1n) is 9.60. The normalized spacial score (nSPS) is 22.8. The zero-order chi connectivity index (χ0) is 17.9. The first-order chi connectivity index (χ1) is 12.7. The molecule has 1 atom stereocenters. The van der Waals surface area contributed by atoms with E-state index in [1.54, 1.807) is 0 Å². The van der Waals surface area contributed by atoms with E-state index in [2.05, 4.69) is 41.6 Å². The fraction of sp³-hybridized carbons (Fsp3) is 0.722. The van der Waals surface area contributed by atoms with Crippen molar-refractivity contribution in [1.82, 2.24) is 34.5 Å². The third-order valence-corrected chi connectivity index (χ3v) is 5.47. The van der Waals surface area contributed by atoms with Crippen LogP contribution in [-0.4, -0.2) is 73.9 Å². The molecular weight excluding hydrogens is 330 g/mol. The molecule has 0 unspecified atom stereocenters. The molecule has 0 aliphatic carbocycles. The number of H-pyrrole nitrogens is 1. The summed E-state index contributed by atoms with van der Waals surface area (Å²) in [6.07, 6.45) is 4.27. The zero-order valence-corrected chi connectivity index (χ0v) is 15.8. The summed E-state index contributed by atoms with van der Waals surface area (Å²) in [7, 11) is 2.11. The largest absolute Gasteiger partial charge is 0.379 e. The summed E-state index contributed by atoms with van der Waals surface area (Å²) in [5.74, 6) is 3.67. The van der Waals surface area contributed by atoms with Gasteiger partial charge in [-0.15, -0.1) is 10.2 Å². The van der Waals surface area contributed by atoms with Crippen molar-refractivity contribution in [3.8, 4) is 0 Å². The van der Waals surface area contributed by atoms with Crippen LogP contribution in [0.3, 0.4) is 0 Å². The van der Waals surface area contributed by atoms with Gasteiger partial charge in [0.15, 0.2) is 0 Å². The van der Waals surface area contributed by atoms with Gasteiger partial charge in [0, 0.05) is 44.5 Å². The molecule has 4 heterocycles. The highest BCUT2D eigenvalue weighted by molar-refractivity contribution is 5.05. The molecule has 142 valence electrons. The molecule has 2 aliphatic heterocycles. The predicted molar refractivity (Wildman–Crippen MR) is 97.7 cm³/mol. The van der Waals surface area contributed by atoms with Crippen LogP contribution in [0.15, 0.2) is 6.20 Å². The van der Waals surface area contributed by atoms with Gasteiger partial charge in [0.1, 0.15) is 17.5 Å². The Morgan fingerprint density at radius 1 is 1.15 bits per heavy atom. The number of nitrogens with zero attached hydrogens (tertiary/aromatic N) is 6. The van der Waals surface area contributed by atoms with Gasteiger partial charge in [0.2, 0.25) is 0 Å². The van der Waals surface area contributed by atoms with Crippen LogP contribution in [0, 0.1) is 6.92 Å². The van der Waals surface area contributed by atoms with Crippen LogP contribution in [0.5, 0.6) is 0 Å². The average Bonchev–Trinajstić information content (AvgIpc) is 3.22. The number of piperidine rings is 1. The molecule has 4 rings (SSSR count). The van der Waals surface area contributed by atoms with Crippen molar-refractivity contribution < 1.29 is 4.74 Å². The summed E-state index contributed by atoms with van der Waals surface area (Å²) in [5, 5.41) is 9.05. The van der Waals surface area contributed by atoms with E-state index in [-0.39, 0.29) is 0 Å². The van der Waals surface area contributed by atoms with Crippen molar-refractivity contribution in [3.63, 3.8) is 0 Å². The minimum Gasteiger partial charge on any atom is -0.379 e. The molecule has 0 aromatic carbocycles. The lowest BCUT2D eigenvalue weighted by Crippen LogP contribution is -2.36. The van der Waals surface area contributed by atoms with Gasteiger partial charge < -0.3 is 14.3 Å². The molecule has 2 aromatic rings. The Labute approximate surface area is 154 Å². The van der Waals surface area contributed by atoms with E-state index in [0.717, 1.165) is 75.6 Å². The molecule has 0 radical (unpaired) electrons. The maximum Gasteiger partial charge on any atom is 0.146 e. The van der Waals surface area contributed by atoms with Crippen LogP contribution in [0.1, 0.15) is 41.9 Å². The summed E-state index contributed by atoms with van der Waals surface area (Å²) < 4.78 is 7.64. The number of aromatic amines is 1. The second-order valence-corrected chi connectivity index (χ2v) is 7.51. The second kappa shape index (κ2) is 7.85. The van der Waals surface area contributed by atoms with Crippen molar-refractivity contribution in [2.45, 2.75) is 38.8 Å². The second-order valence-electron chi connectivity index (χ2n) is 7.51. The SMILES string of the molecule is Cc1cnc(CN2CCC[C@@H](c3nnc(CN4CCOCC4)n3C)C2)[nH]1. The van der Waals surface area contributed by atoms with Crippen LogP contribution in [0.2, 0.25) is 0 Å². The first-order valence-corrected chi connectivity index (χ1v) is 9.60. The van der Waals surface area contributed by atoms with Gasteiger partial charge in [0.05, 0.1) is 26.3 Å². The van der Waals surface area contributed by atoms with E-state index >= 15 is 0 Å². The molecular formula is C18H29N7O. The van der Waals surface area contributed by atoms with Gasteiger partial charge in [-0.05, 0) is 26.3 Å². The summed E-state index contributed by atoms with van der Waals surface area (Å²) >= 11 is 0. The summed E-state index contributed by atoms with van der Waals surface area (Å²) in [6.45, 7) is 9.49. The Bertz CT molecular complexity index is 719. The Kier molecular flexibility index (Phi) is 5.33. The Balaban J connectivity index is 1.40. The number of hydrogen-bond acceptors (Lipinski definition) is 6. The van der Waals surface area contributed by atoms with E-state index in [1.807, 2.05) is 13.1 Å². The summed E-state index contributed by atoms with van der Waals surface area (Å²) in [4.78, 5) is 12.7. The predicted octanol–water partition coefficient (Wildman–Crippen LogP) is 1.06. The minimum atomic E-state index is 0.441. The number of morpholine rings is 1. The molecule has 2 saturated heterocycles. The number of likely N-dealkylation sites (tertiary alicyclic amines) is 1. The number of aromatic nitrogens is 5.